The standard InChI is InChI=1S/C18H31NO/c1-6-7-8-9-10-11-17(19-4)16-12-15(3)18(20-5)13-14(16)2/h12-13,17,19H,6-11H2,1-5H3. The molecular formula is C18H31NO. The number of rotatable bonds is 9. The van der Waals surface area contributed by atoms with Crippen LogP contribution in [0, 0.1) is 13.8 Å². The second-order valence-electron chi connectivity index (χ2n) is 5.72. The monoisotopic (exact) mass is 277 g/mol. The van der Waals surface area contributed by atoms with Gasteiger partial charge in [0.25, 0.3) is 0 Å². The number of hydrogen-bond donors (Lipinski definition) is 1. The number of hydrogen-bond acceptors (Lipinski definition) is 2. The fraction of sp³-hybridized carbons (Fsp3) is 0.667. The van der Waals surface area contributed by atoms with E-state index in [9.17, 15) is 0 Å². The number of benzene rings is 1. The van der Waals surface area contributed by atoms with Crippen LogP contribution >= 0.6 is 0 Å². The maximum absolute atomic E-state index is 5.40. The van der Waals surface area contributed by atoms with Gasteiger partial charge < -0.3 is 10.1 Å². The third kappa shape index (κ3) is 4.82. The van der Waals surface area contributed by atoms with Crippen molar-refractivity contribution in [1.82, 2.24) is 5.32 Å². The highest BCUT2D eigenvalue weighted by atomic mass is 16.5. The van der Waals surface area contributed by atoms with E-state index in [1.807, 2.05) is 0 Å². The molecular weight excluding hydrogens is 246 g/mol. The highest BCUT2D eigenvalue weighted by Gasteiger charge is 2.13. The fourth-order valence-corrected chi connectivity index (χ4v) is 2.81. The lowest BCUT2D eigenvalue weighted by molar-refractivity contribution is 0.410. The van der Waals surface area contributed by atoms with Gasteiger partial charge in [0.2, 0.25) is 0 Å². The first kappa shape index (κ1) is 17.0. The van der Waals surface area contributed by atoms with E-state index < -0.39 is 0 Å². The molecule has 0 amide bonds. The normalized spacial score (nSPS) is 12.4. The van der Waals surface area contributed by atoms with Gasteiger partial charge >= 0.3 is 0 Å². The first-order valence-electron chi connectivity index (χ1n) is 7.96. The van der Waals surface area contributed by atoms with E-state index in [2.05, 4.69) is 45.3 Å². The summed E-state index contributed by atoms with van der Waals surface area (Å²) in [5.41, 5.74) is 3.96. The summed E-state index contributed by atoms with van der Waals surface area (Å²) in [5.74, 6) is 0.990. The van der Waals surface area contributed by atoms with Crippen molar-refractivity contribution in [2.75, 3.05) is 14.2 Å². The first-order chi connectivity index (χ1) is 9.63. The van der Waals surface area contributed by atoms with Crippen molar-refractivity contribution in [2.24, 2.45) is 0 Å². The molecule has 2 heteroatoms. The number of unbranched alkanes of at least 4 members (excludes halogenated alkanes) is 4. The lowest BCUT2D eigenvalue weighted by atomic mass is 9.94. The first-order valence-corrected chi connectivity index (χ1v) is 7.96. The highest BCUT2D eigenvalue weighted by molar-refractivity contribution is 5.42. The molecule has 0 heterocycles. The predicted octanol–water partition coefficient (Wildman–Crippen LogP) is 4.93. The number of ether oxygens (including phenoxy) is 1. The average Bonchev–Trinajstić information content (AvgIpc) is 2.45. The zero-order valence-corrected chi connectivity index (χ0v) is 13.9. The minimum absolute atomic E-state index is 0.459. The molecule has 0 fully saturated rings. The Morgan fingerprint density at radius 1 is 1.05 bits per heavy atom. The van der Waals surface area contributed by atoms with E-state index in [1.54, 1.807) is 7.11 Å². The van der Waals surface area contributed by atoms with Crippen molar-refractivity contribution < 1.29 is 4.74 Å². The number of nitrogens with one attached hydrogen (secondary N) is 1. The van der Waals surface area contributed by atoms with Crippen molar-refractivity contribution in [3.63, 3.8) is 0 Å². The van der Waals surface area contributed by atoms with Crippen molar-refractivity contribution in [3.8, 4) is 5.75 Å². The second-order valence-corrected chi connectivity index (χ2v) is 5.72. The molecule has 114 valence electrons. The summed E-state index contributed by atoms with van der Waals surface area (Å²) in [6.45, 7) is 6.56. The molecule has 1 rings (SSSR count). The van der Waals surface area contributed by atoms with Gasteiger partial charge in [0.15, 0.2) is 0 Å². The van der Waals surface area contributed by atoms with Crippen LogP contribution < -0.4 is 10.1 Å². The summed E-state index contributed by atoms with van der Waals surface area (Å²) < 4.78 is 5.40. The predicted molar refractivity (Wildman–Crippen MR) is 87.6 cm³/mol. The van der Waals surface area contributed by atoms with Crippen LogP contribution in [-0.4, -0.2) is 14.2 Å². The molecule has 1 aromatic rings. The number of methoxy groups -OCH3 is 1. The summed E-state index contributed by atoms with van der Waals surface area (Å²) in [5, 5.41) is 3.47. The van der Waals surface area contributed by atoms with Crippen LogP contribution in [0.5, 0.6) is 5.75 Å². The molecule has 0 spiro atoms. The maximum atomic E-state index is 5.40. The zero-order chi connectivity index (χ0) is 15.0. The van der Waals surface area contributed by atoms with Gasteiger partial charge in [-0.25, -0.2) is 0 Å². The van der Waals surface area contributed by atoms with Gasteiger partial charge in [0.1, 0.15) is 5.75 Å². The van der Waals surface area contributed by atoms with Crippen LogP contribution in [0.4, 0.5) is 0 Å². The molecule has 0 aliphatic rings. The minimum Gasteiger partial charge on any atom is -0.496 e. The largest absolute Gasteiger partial charge is 0.496 e. The van der Waals surface area contributed by atoms with Crippen LogP contribution in [-0.2, 0) is 0 Å². The minimum atomic E-state index is 0.459. The molecule has 0 saturated carbocycles. The Balaban J connectivity index is 2.67. The second kappa shape index (κ2) is 9.02. The van der Waals surface area contributed by atoms with E-state index in [0.29, 0.717) is 6.04 Å². The topological polar surface area (TPSA) is 21.3 Å². The van der Waals surface area contributed by atoms with Gasteiger partial charge in [-0.1, -0.05) is 45.1 Å². The summed E-state index contributed by atoms with van der Waals surface area (Å²) in [6.07, 6.45) is 7.91. The van der Waals surface area contributed by atoms with E-state index >= 15 is 0 Å². The molecule has 0 aliphatic heterocycles. The van der Waals surface area contributed by atoms with Crippen molar-refractivity contribution >= 4 is 0 Å². The molecule has 1 N–H and O–H groups in total. The highest BCUT2D eigenvalue weighted by Crippen LogP contribution is 2.29. The third-order valence-corrected chi connectivity index (χ3v) is 4.10. The van der Waals surface area contributed by atoms with Gasteiger partial charge in [-0.05, 0) is 50.1 Å². The maximum Gasteiger partial charge on any atom is 0.122 e. The van der Waals surface area contributed by atoms with Gasteiger partial charge in [-0.3, -0.25) is 0 Å². The molecule has 1 atom stereocenters. The van der Waals surface area contributed by atoms with Crippen LogP contribution in [0.2, 0.25) is 0 Å². The SMILES string of the molecule is CCCCCCCC(NC)c1cc(C)c(OC)cc1C. The Hall–Kier alpha value is -1.02. The van der Waals surface area contributed by atoms with E-state index in [0.717, 1.165) is 5.75 Å². The van der Waals surface area contributed by atoms with Gasteiger partial charge in [0, 0.05) is 6.04 Å². The Kier molecular flexibility index (Phi) is 7.68. The molecule has 1 aromatic carbocycles. The Labute approximate surface area is 124 Å². The molecule has 1 unspecified atom stereocenters. The van der Waals surface area contributed by atoms with E-state index in [4.69, 9.17) is 4.74 Å². The molecule has 0 radical (unpaired) electrons. The molecule has 0 saturated heterocycles. The van der Waals surface area contributed by atoms with E-state index in [1.165, 1.54) is 55.2 Å². The fourth-order valence-electron chi connectivity index (χ4n) is 2.81. The molecule has 0 aromatic heterocycles. The van der Waals surface area contributed by atoms with Gasteiger partial charge in [-0.2, -0.15) is 0 Å². The quantitative estimate of drug-likeness (QED) is 0.646. The molecule has 2 nitrogen and oxygen atoms in total. The van der Waals surface area contributed by atoms with Crippen molar-refractivity contribution in [2.45, 2.75) is 65.3 Å². The number of aryl methyl sites for hydroxylation is 2. The van der Waals surface area contributed by atoms with Crippen LogP contribution in [0.25, 0.3) is 0 Å². The van der Waals surface area contributed by atoms with Crippen LogP contribution in [0.1, 0.15) is 68.2 Å². The third-order valence-electron chi connectivity index (χ3n) is 4.10. The summed E-state index contributed by atoms with van der Waals surface area (Å²) in [4.78, 5) is 0. The zero-order valence-electron chi connectivity index (χ0n) is 13.9. The van der Waals surface area contributed by atoms with E-state index in [-0.39, 0.29) is 0 Å². The Morgan fingerprint density at radius 3 is 2.35 bits per heavy atom. The summed E-state index contributed by atoms with van der Waals surface area (Å²) in [7, 11) is 3.81. The Bertz CT molecular complexity index is 401. The lowest BCUT2D eigenvalue weighted by Gasteiger charge is -2.20. The Morgan fingerprint density at radius 2 is 1.75 bits per heavy atom. The van der Waals surface area contributed by atoms with Crippen LogP contribution in [0.15, 0.2) is 12.1 Å². The molecule has 0 aliphatic carbocycles. The average molecular weight is 277 g/mol. The van der Waals surface area contributed by atoms with Crippen molar-refractivity contribution in [1.29, 1.82) is 0 Å². The van der Waals surface area contributed by atoms with Gasteiger partial charge in [-0.15, -0.1) is 0 Å². The van der Waals surface area contributed by atoms with Gasteiger partial charge in [0.05, 0.1) is 7.11 Å². The lowest BCUT2D eigenvalue weighted by Crippen LogP contribution is -2.17. The smallest absolute Gasteiger partial charge is 0.122 e. The van der Waals surface area contributed by atoms with Crippen LogP contribution in [0.3, 0.4) is 0 Å². The summed E-state index contributed by atoms with van der Waals surface area (Å²) >= 11 is 0. The summed E-state index contributed by atoms with van der Waals surface area (Å²) in [6, 6.07) is 4.90. The molecule has 20 heavy (non-hydrogen) atoms. The van der Waals surface area contributed by atoms with Crippen molar-refractivity contribution in [3.05, 3.63) is 28.8 Å². The molecule has 0 bridgehead atoms.